The molecule has 22 heavy (non-hydrogen) atoms. The molecule has 2 aromatic rings. The molecular weight excluding hydrogens is 294 g/mol. The van der Waals surface area contributed by atoms with E-state index in [-0.39, 0.29) is 0 Å². The van der Waals surface area contributed by atoms with Crippen LogP contribution in [0.2, 0.25) is 5.02 Å². The predicted octanol–water partition coefficient (Wildman–Crippen LogP) is 3.77. The van der Waals surface area contributed by atoms with Crippen molar-refractivity contribution < 1.29 is 9.31 Å². The van der Waals surface area contributed by atoms with Gasteiger partial charge in [0.1, 0.15) is 0 Å². The van der Waals surface area contributed by atoms with E-state index in [1.165, 1.54) is 0 Å². The molecular formula is C18H18BClO2. The third-order valence-corrected chi connectivity index (χ3v) is 4.99. The molecule has 0 radical (unpaired) electrons. The van der Waals surface area contributed by atoms with Crippen LogP contribution in [-0.2, 0) is 9.31 Å². The van der Waals surface area contributed by atoms with Crippen LogP contribution >= 0.6 is 11.6 Å². The van der Waals surface area contributed by atoms with Gasteiger partial charge in [0.25, 0.3) is 0 Å². The van der Waals surface area contributed by atoms with Gasteiger partial charge in [-0.3, -0.25) is 0 Å². The Morgan fingerprint density at radius 3 is 2.27 bits per heavy atom. The summed E-state index contributed by atoms with van der Waals surface area (Å²) < 4.78 is 12.3. The fourth-order valence-electron chi connectivity index (χ4n) is 2.69. The number of fused-ring (bicyclic) bond motifs is 1. The second kappa shape index (κ2) is 5.03. The number of halogens is 1. The zero-order valence-corrected chi connectivity index (χ0v) is 14.0. The van der Waals surface area contributed by atoms with Crippen LogP contribution in [0.15, 0.2) is 30.3 Å². The fourth-order valence-corrected chi connectivity index (χ4v) is 2.90. The zero-order chi connectivity index (χ0) is 16.1. The van der Waals surface area contributed by atoms with E-state index in [2.05, 4.69) is 5.92 Å². The van der Waals surface area contributed by atoms with Crippen LogP contribution in [0.3, 0.4) is 0 Å². The Hall–Kier alpha value is -1.47. The molecule has 0 aliphatic carbocycles. The second-order valence-corrected chi connectivity index (χ2v) is 7.01. The van der Waals surface area contributed by atoms with E-state index in [9.17, 15) is 0 Å². The Morgan fingerprint density at radius 1 is 1.05 bits per heavy atom. The van der Waals surface area contributed by atoms with Gasteiger partial charge in [-0.2, -0.15) is 0 Å². The molecule has 3 rings (SSSR count). The summed E-state index contributed by atoms with van der Waals surface area (Å²) in [5, 5.41) is 2.53. The molecule has 1 aliphatic heterocycles. The lowest BCUT2D eigenvalue weighted by atomic mass is 9.75. The van der Waals surface area contributed by atoms with Crippen molar-refractivity contribution in [1.29, 1.82) is 0 Å². The normalized spacial score (nSPS) is 19.4. The first kappa shape index (κ1) is 15.4. The van der Waals surface area contributed by atoms with Crippen molar-refractivity contribution in [3.05, 3.63) is 40.9 Å². The molecule has 0 atom stereocenters. The Kier molecular flexibility index (Phi) is 3.53. The lowest BCUT2D eigenvalue weighted by molar-refractivity contribution is 0.00578. The number of hydrogen-bond acceptors (Lipinski definition) is 2. The molecule has 0 spiro atoms. The largest absolute Gasteiger partial charge is 0.495 e. The molecule has 112 valence electrons. The van der Waals surface area contributed by atoms with E-state index in [0.29, 0.717) is 10.6 Å². The van der Waals surface area contributed by atoms with E-state index in [4.69, 9.17) is 27.3 Å². The van der Waals surface area contributed by atoms with Gasteiger partial charge in [-0.25, -0.2) is 0 Å². The van der Waals surface area contributed by atoms with Crippen LogP contribution in [0.5, 0.6) is 0 Å². The van der Waals surface area contributed by atoms with E-state index < -0.39 is 18.3 Å². The quantitative estimate of drug-likeness (QED) is 0.589. The Balaban J connectivity index is 2.21. The lowest BCUT2D eigenvalue weighted by Crippen LogP contribution is -2.41. The van der Waals surface area contributed by atoms with Gasteiger partial charge in [-0.1, -0.05) is 41.8 Å². The average Bonchev–Trinajstić information content (AvgIpc) is 2.66. The molecule has 1 fully saturated rings. The van der Waals surface area contributed by atoms with E-state index >= 15 is 0 Å². The molecule has 0 N–H and O–H groups in total. The Bertz CT molecular complexity index is 774. The summed E-state index contributed by atoms with van der Waals surface area (Å²) in [5.41, 5.74) is 0.819. The van der Waals surface area contributed by atoms with Crippen molar-refractivity contribution in [3.8, 4) is 12.3 Å². The highest BCUT2D eigenvalue weighted by Crippen LogP contribution is 2.37. The third-order valence-electron chi connectivity index (χ3n) is 4.68. The maximum Gasteiger partial charge on any atom is 0.495 e. The van der Waals surface area contributed by atoms with Gasteiger partial charge < -0.3 is 9.31 Å². The summed E-state index contributed by atoms with van der Waals surface area (Å²) >= 11 is 6.27. The molecule has 1 heterocycles. The molecule has 1 aliphatic rings. The molecule has 0 bridgehead atoms. The van der Waals surface area contributed by atoms with Crippen molar-refractivity contribution in [2.45, 2.75) is 38.9 Å². The fraction of sp³-hybridized carbons (Fsp3) is 0.333. The second-order valence-electron chi connectivity index (χ2n) is 6.60. The predicted molar refractivity (Wildman–Crippen MR) is 92.6 cm³/mol. The maximum absolute atomic E-state index is 6.27. The van der Waals surface area contributed by atoms with Crippen molar-refractivity contribution in [2.24, 2.45) is 0 Å². The van der Waals surface area contributed by atoms with Gasteiger partial charge in [0.2, 0.25) is 0 Å². The molecule has 0 aromatic heterocycles. The first-order valence-corrected chi connectivity index (χ1v) is 7.68. The molecule has 4 heteroatoms. The van der Waals surface area contributed by atoms with E-state index in [0.717, 1.165) is 16.2 Å². The van der Waals surface area contributed by atoms with Crippen molar-refractivity contribution in [3.63, 3.8) is 0 Å². The molecule has 0 saturated carbocycles. The molecule has 0 unspecified atom stereocenters. The van der Waals surface area contributed by atoms with Crippen molar-refractivity contribution >= 4 is 35.0 Å². The molecule has 1 saturated heterocycles. The van der Waals surface area contributed by atoms with Crippen molar-refractivity contribution in [2.75, 3.05) is 0 Å². The Labute approximate surface area is 136 Å². The van der Waals surface area contributed by atoms with Crippen LogP contribution < -0.4 is 5.46 Å². The van der Waals surface area contributed by atoms with Gasteiger partial charge in [0.05, 0.1) is 21.8 Å². The topological polar surface area (TPSA) is 18.5 Å². The molecule has 0 amide bonds. The average molecular weight is 313 g/mol. The summed E-state index contributed by atoms with van der Waals surface area (Å²) in [6, 6.07) is 9.78. The van der Waals surface area contributed by atoms with Crippen LogP contribution in [-0.4, -0.2) is 18.3 Å². The molecule has 2 nitrogen and oxygen atoms in total. The van der Waals surface area contributed by atoms with Gasteiger partial charge in [0, 0.05) is 0 Å². The summed E-state index contributed by atoms with van der Waals surface area (Å²) in [6.07, 6.45) is 5.67. The van der Waals surface area contributed by atoms with Gasteiger partial charge >= 0.3 is 7.12 Å². The number of benzene rings is 2. The van der Waals surface area contributed by atoms with Crippen LogP contribution in [0.25, 0.3) is 10.8 Å². The summed E-state index contributed by atoms with van der Waals surface area (Å²) in [5.74, 6) is 2.70. The smallest absolute Gasteiger partial charge is 0.399 e. The zero-order valence-electron chi connectivity index (χ0n) is 13.2. The van der Waals surface area contributed by atoms with Crippen molar-refractivity contribution in [1.82, 2.24) is 0 Å². The number of terminal acetylenes is 1. The monoisotopic (exact) mass is 312 g/mol. The van der Waals surface area contributed by atoms with Gasteiger partial charge in [0.15, 0.2) is 0 Å². The van der Waals surface area contributed by atoms with E-state index in [1.54, 1.807) is 0 Å². The van der Waals surface area contributed by atoms with Crippen LogP contribution in [0, 0.1) is 12.3 Å². The van der Waals surface area contributed by atoms with Crippen LogP contribution in [0.4, 0.5) is 0 Å². The molecule has 2 aromatic carbocycles. The highest BCUT2D eigenvalue weighted by molar-refractivity contribution is 6.65. The van der Waals surface area contributed by atoms with Crippen LogP contribution in [0.1, 0.15) is 33.3 Å². The van der Waals surface area contributed by atoms with Gasteiger partial charge in [-0.05, 0) is 50.0 Å². The first-order valence-electron chi connectivity index (χ1n) is 7.30. The number of hydrogen-bond donors (Lipinski definition) is 0. The highest BCUT2D eigenvalue weighted by atomic mass is 35.5. The maximum atomic E-state index is 6.27. The minimum absolute atomic E-state index is 0.394. The third kappa shape index (κ3) is 2.23. The SMILES string of the molecule is C#Cc1c(Cl)ccc2cccc(B3OC(C)(C)C(C)(C)O3)c12. The highest BCUT2D eigenvalue weighted by Gasteiger charge is 2.52. The lowest BCUT2D eigenvalue weighted by Gasteiger charge is -2.32. The number of rotatable bonds is 1. The standard InChI is InChI=1S/C18H18BClO2/c1-6-13-15(20)11-10-12-8-7-9-14(16(12)13)19-21-17(2,3)18(4,5)22-19/h1,7-11H,2-5H3. The minimum atomic E-state index is -0.459. The van der Waals surface area contributed by atoms with E-state index in [1.807, 2.05) is 58.0 Å². The minimum Gasteiger partial charge on any atom is -0.399 e. The van der Waals surface area contributed by atoms with Gasteiger partial charge in [-0.15, -0.1) is 6.42 Å². The first-order chi connectivity index (χ1) is 10.3. The Morgan fingerprint density at radius 2 is 1.68 bits per heavy atom. The summed E-state index contributed by atoms with van der Waals surface area (Å²) in [4.78, 5) is 0. The summed E-state index contributed by atoms with van der Waals surface area (Å²) in [6.45, 7) is 8.14. The summed E-state index contributed by atoms with van der Waals surface area (Å²) in [7, 11) is -0.459.